The third-order valence-corrected chi connectivity index (χ3v) is 10.2. The van der Waals surface area contributed by atoms with E-state index in [1.165, 1.54) is 77.0 Å². The predicted octanol–water partition coefficient (Wildman–Crippen LogP) is 14.2. The highest BCUT2D eigenvalue weighted by molar-refractivity contribution is 6.10. The normalized spacial score (nSPS) is 11.1. The van der Waals surface area contributed by atoms with Gasteiger partial charge in [0, 0.05) is 32.9 Å². The Kier molecular flexibility index (Phi) is 8.55. The summed E-state index contributed by atoms with van der Waals surface area (Å²) in [5.41, 5.74) is 14.2. The molecule has 0 atom stereocenters. The van der Waals surface area contributed by atoms with E-state index in [1.807, 2.05) is 0 Å². The van der Waals surface area contributed by atoms with Crippen LogP contribution in [0.5, 0.6) is 0 Å². The second-order valence-electron chi connectivity index (χ2n) is 13.5. The lowest BCUT2D eigenvalue weighted by Gasteiger charge is -2.17. The van der Waals surface area contributed by atoms with Crippen LogP contribution >= 0.6 is 0 Å². The van der Waals surface area contributed by atoms with Crippen molar-refractivity contribution in [3.05, 3.63) is 219 Å². The first-order chi connectivity index (χ1) is 26.7. The maximum atomic E-state index is 3.36. The molecule has 0 saturated carbocycles. The van der Waals surface area contributed by atoms with Crippen molar-refractivity contribution in [2.75, 3.05) is 0 Å². The van der Waals surface area contributed by atoms with E-state index in [9.17, 15) is 0 Å². The molecule has 0 fully saturated rings. The second-order valence-corrected chi connectivity index (χ2v) is 13.5. The zero-order chi connectivity index (χ0) is 36.4. The van der Waals surface area contributed by atoms with E-state index < -0.39 is 0 Å². The Hall–Kier alpha value is -7.16. The van der Waals surface area contributed by atoms with Gasteiger partial charge in [-0.2, -0.15) is 0 Å². The van der Waals surface area contributed by atoms with Crippen molar-refractivity contribution in [3.63, 3.8) is 0 Å². The highest BCUT2D eigenvalue weighted by atomic mass is 15.0. The number of nitrogens with zero attached hydrogens (tertiary/aromatic N) is 2. The molecule has 54 heavy (non-hydrogen) atoms. The predicted molar refractivity (Wildman–Crippen MR) is 232 cm³/mol. The average molecular weight is 691 g/mol. The molecule has 0 N–H and O–H groups in total. The molecule has 10 rings (SSSR count). The molecule has 0 aliphatic heterocycles. The van der Waals surface area contributed by atoms with E-state index in [-0.39, 0.29) is 0 Å². The molecule has 10 aromatic rings. The van der Waals surface area contributed by atoms with Gasteiger partial charge >= 0.3 is 0 Å². The van der Waals surface area contributed by atoms with Gasteiger partial charge in [-0.05, 0) is 94.0 Å². The Morgan fingerprint density at radius 1 is 0.278 bits per heavy atom. The number of benzene rings is 8. The van der Waals surface area contributed by atoms with Gasteiger partial charge in [-0.15, -0.1) is 0 Å². The summed E-state index contributed by atoms with van der Waals surface area (Å²) in [6.07, 6.45) is 3.28. The zero-order valence-electron chi connectivity index (χ0n) is 29.9. The van der Waals surface area contributed by atoms with Gasteiger partial charge in [0.15, 0.2) is 0 Å². The number of rotatable bonds is 6. The fourth-order valence-corrected chi connectivity index (χ4v) is 7.81. The first-order valence-corrected chi connectivity index (χ1v) is 18.3. The SMILES string of the molecule is C=CC=C.c1ccc(-c2cc(-c3cc(-c4ccccc4)cc(-n4c5ccccc5c5ccccc54)c3)cc(-n3c4ccccc4c4ccccc43)c2)cc1. The molecule has 8 aromatic carbocycles. The van der Waals surface area contributed by atoms with Gasteiger partial charge < -0.3 is 9.13 Å². The Labute approximate surface area is 315 Å². The van der Waals surface area contributed by atoms with Gasteiger partial charge in [0.25, 0.3) is 0 Å². The van der Waals surface area contributed by atoms with Crippen molar-refractivity contribution in [2.24, 2.45) is 0 Å². The third kappa shape index (κ3) is 5.81. The molecule has 2 heterocycles. The molecule has 256 valence electrons. The van der Waals surface area contributed by atoms with Crippen LogP contribution in [0.4, 0.5) is 0 Å². The van der Waals surface area contributed by atoms with Crippen LogP contribution in [0.25, 0.3) is 88.4 Å². The Morgan fingerprint density at radius 3 is 0.833 bits per heavy atom. The van der Waals surface area contributed by atoms with Crippen molar-refractivity contribution < 1.29 is 0 Å². The molecule has 0 aliphatic carbocycles. The number of allylic oxidation sites excluding steroid dienone is 2. The lowest BCUT2D eigenvalue weighted by molar-refractivity contribution is 1.17. The van der Waals surface area contributed by atoms with Crippen LogP contribution in [0, 0.1) is 0 Å². The van der Waals surface area contributed by atoms with Gasteiger partial charge in [-0.1, -0.05) is 159 Å². The summed E-state index contributed by atoms with van der Waals surface area (Å²) in [6, 6.07) is 70.6. The van der Waals surface area contributed by atoms with Crippen molar-refractivity contribution in [2.45, 2.75) is 0 Å². The van der Waals surface area contributed by atoms with Crippen molar-refractivity contribution in [3.8, 4) is 44.8 Å². The van der Waals surface area contributed by atoms with Gasteiger partial charge in [0.2, 0.25) is 0 Å². The lowest BCUT2D eigenvalue weighted by atomic mass is 9.94. The molecule has 2 nitrogen and oxygen atoms in total. The highest BCUT2D eigenvalue weighted by Gasteiger charge is 2.17. The zero-order valence-corrected chi connectivity index (χ0v) is 29.9. The molecule has 0 radical (unpaired) electrons. The van der Waals surface area contributed by atoms with Crippen molar-refractivity contribution in [1.29, 1.82) is 0 Å². The number of hydrogen-bond donors (Lipinski definition) is 0. The number of hydrogen-bond acceptors (Lipinski definition) is 0. The van der Waals surface area contributed by atoms with Gasteiger partial charge in [0.05, 0.1) is 22.1 Å². The first kappa shape index (κ1) is 32.7. The Morgan fingerprint density at radius 2 is 0.537 bits per heavy atom. The van der Waals surface area contributed by atoms with Crippen LogP contribution in [0.2, 0.25) is 0 Å². The Balaban J connectivity index is 0.000000918. The van der Waals surface area contributed by atoms with E-state index in [0.29, 0.717) is 0 Å². The van der Waals surface area contributed by atoms with E-state index in [1.54, 1.807) is 12.2 Å². The minimum absolute atomic E-state index is 1.14. The van der Waals surface area contributed by atoms with Crippen molar-refractivity contribution in [1.82, 2.24) is 9.13 Å². The van der Waals surface area contributed by atoms with Crippen LogP contribution in [0.15, 0.2) is 219 Å². The van der Waals surface area contributed by atoms with E-state index in [2.05, 4.69) is 216 Å². The summed E-state index contributed by atoms with van der Waals surface area (Å²) in [6.45, 7) is 6.72. The molecule has 0 unspecified atom stereocenters. The molecule has 2 heteroatoms. The van der Waals surface area contributed by atoms with Gasteiger partial charge in [-0.25, -0.2) is 0 Å². The second kappa shape index (κ2) is 14.1. The molecule has 0 spiro atoms. The molecular weight excluding hydrogens is 653 g/mol. The minimum atomic E-state index is 1.14. The number of para-hydroxylation sites is 4. The summed E-state index contributed by atoms with van der Waals surface area (Å²) >= 11 is 0. The molecule has 0 aliphatic rings. The van der Waals surface area contributed by atoms with Crippen LogP contribution in [-0.4, -0.2) is 9.13 Å². The standard InChI is InChI=1S/C48H32N2.C4H6/c1-3-15-33(16-4-1)35-27-37(31-39(29-35)49-45-23-11-7-19-41(45)42-20-8-12-24-46(42)49)38-28-36(34-17-5-2-6-18-34)30-40(32-38)50-47-25-13-9-21-43(47)44-22-10-14-26-48(44)50;1-3-4-2/h1-32H;3-4H,1-2H2. The summed E-state index contributed by atoms with van der Waals surface area (Å²) in [7, 11) is 0. The lowest BCUT2D eigenvalue weighted by Crippen LogP contribution is -1.98. The summed E-state index contributed by atoms with van der Waals surface area (Å²) in [5.74, 6) is 0. The van der Waals surface area contributed by atoms with Gasteiger partial charge in [-0.3, -0.25) is 0 Å². The quantitative estimate of drug-likeness (QED) is 0.154. The molecule has 0 bridgehead atoms. The topological polar surface area (TPSA) is 9.86 Å². The van der Waals surface area contributed by atoms with Crippen molar-refractivity contribution >= 4 is 43.6 Å². The summed E-state index contributed by atoms with van der Waals surface area (Å²) < 4.78 is 4.85. The maximum Gasteiger partial charge on any atom is 0.0541 e. The van der Waals surface area contributed by atoms with Crippen LogP contribution in [0.3, 0.4) is 0 Å². The van der Waals surface area contributed by atoms with Crippen LogP contribution < -0.4 is 0 Å². The van der Waals surface area contributed by atoms with Crippen LogP contribution in [0.1, 0.15) is 0 Å². The van der Waals surface area contributed by atoms with E-state index in [4.69, 9.17) is 0 Å². The molecular formula is C52H38N2. The van der Waals surface area contributed by atoms with E-state index in [0.717, 1.165) is 11.4 Å². The fraction of sp³-hybridized carbons (Fsp3) is 0. The third-order valence-electron chi connectivity index (χ3n) is 10.2. The monoisotopic (exact) mass is 690 g/mol. The molecule has 0 saturated heterocycles. The summed E-state index contributed by atoms with van der Waals surface area (Å²) in [5, 5.41) is 5.04. The number of aromatic nitrogens is 2. The average Bonchev–Trinajstić information content (AvgIpc) is 3.77. The van der Waals surface area contributed by atoms with Crippen LogP contribution in [-0.2, 0) is 0 Å². The Bertz CT molecular complexity index is 2650. The maximum absolute atomic E-state index is 3.36. The van der Waals surface area contributed by atoms with Gasteiger partial charge in [0.1, 0.15) is 0 Å². The molecule has 2 aromatic heterocycles. The first-order valence-electron chi connectivity index (χ1n) is 18.3. The smallest absolute Gasteiger partial charge is 0.0541 e. The minimum Gasteiger partial charge on any atom is -0.309 e. The highest BCUT2D eigenvalue weighted by Crippen LogP contribution is 2.39. The largest absolute Gasteiger partial charge is 0.309 e. The summed E-state index contributed by atoms with van der Waals surface area (Å²) in [4.78, 5) is 0. The van der Waals surface area contributed by atoms with E-state index >= 15 is 0 Å². The number of fused-ring (bicyclic) bond motifs is 6. The molecule has 0 amide bonds. The fourth-order valence-electron chi connectivity index (χ4n) is 7.81.